The Kier molecular flexibility index (Phi) is 8.49. The van der Waals surface area contributed by atoms with E-state index in [1.165, 1.54) is 19.2 Å². The second-order valence-corrected chi connectivity index (χ2v) is 9.38. The van der Waals surface area contributed by atoms with Gasteiger partial charge >= 0.3 is 5.97 Å². The number of amides is 1. The number of methoxy groups -OCH3 is 1. The summed E-state index contributed by atoms with van der Waals surface area (Å²) in [6.07, 6.45) is 2.26. The molecule has 0 bridgehead atoms. The van der Waals surface area contributed by atoms with Gasteiger partial charge in [-0.25, -0.2) is 9.18 Å². The molecule has 1 amide bonds. The summed E-state index contributed by atoms with van der Waals surface area (Å²) in [6.45, 7) is 1.26. The molecular formula is C30H33FN2O3. The van der Waals surface area contributed by atoms with Gasteiger partial charge in [-0.3, -0.25) is 4.79 Å². The first-order valence-electron chi connectivity index (χ1n) is 12.4. The highest BCUT2D eigenvalue weighted by molar-refractivity contribution is 5.91. The fourth-order valence-electron chi connectivity index (χ4n) is 5.04. The third kappa shape index (κ3) is 6.00. The second kappa shape index (κ2) is 12.0. The molecule has 6 heteroatoms. The predicted molar refractivity (Wildman–Crippen MR) is 138 cm³/mol. The van der Waals surface area contributed by atoms with Gasteiger partial charge in [0.25, 0.3) is 0 Å². The summed E-state index contributed by atoms with van der Waals surface area (Å²) >= 11 is 0. The molecule has 4 rings (SSSR count). The van der Waals surface area contributed by atoms with E-state index in [2.05, 4.69) is 4.90 Å². The van der Waals surface area contributed by atoms with Crippen LogP contribution in [0.15, 0.2) is 84.9 Å². The molecule has 1 aliphatic heterocycles. The number of carbonyl (C=O) groups is 2. The number of carbonyl (C=O) groups excluding carboxylic acids is 2. The van der Waals surface area contributed by atoms with E-state index in [0.29, 0.717) is 13.0 Å². The number of hydrogen-bond donors (Lipinski definition) is 0. The fourth-order valence-corrected chi connectivity index (χ4v) is 5.04. The van der Waals surface area contributed by atoms with Gasteiger partial charge < -0.3 is 14.5 Å². The van der Waals surface area contributed by atoms with Crippen molar-refractivity contribution in [3.8, 4) is 0 Å². The number of ether oxygens (including phenoxy) is 1. The minimum Gasteiger partial charge on any atom is -0.467 e. The van der Waals surface area contributed by atoms with Gasteiger partial charge in [0, 0.05) is 12.6 Å². The Bertz CT molecular complexity index is 1100. The zero-order valence-electron chi connectivity index (χ0n) is 20.8. The lowest BCUT2D eigenvalue weighted by Crippen LogP contribution is -2.44. The summed E-state index contributed by atoms with van der Waals surface area (Å²) in [4.78, 5) is 30.7. The smallest absolute Gasteiger partial charge is 0.328 e. The lowest BCUT2D eigenvalue weighted by atomic mass is 9.90. The first-order chi connectivity index (χ1) is 17.5. The Hall–Kier alpha value is -3.51. The van der Waals surface area contributed by atoms with Crippen LogP contribution in [0.4, 0.5) is 4.39 Å². The van der Waals surface area contributed by atoms with E-state index in [4.69, 9.17) is 4.74 Å². The van der Waals surface area contributed by atoms with E-state index in [1.807, 2.05) is 79.8 Å². The number of rotatable bonds is 9. The standard InChI is InChI=1S/C30H33FN2O3/c1-32(19-9-10-22-15-17-25(31)18-16-22)26-20-27(30(35)36-2)33(21-26)29(34)28(23-11-5-3-6-12-23)24-13-7-4-8-14-24/h3-8,11-18,26-28H,9-10,19-21H2,1-2H3/t26-,27-/m0/s1. The third-order valence-electron chi connectivity index (χ3n) is 7.06. The van der Waals surface area contributed by atoms with Gasteiger partial charge in [-0.05, 0) is 61.7 Å². The normalized spacial score (nSPS) is 17.5. The van der Waals surface area contributed by atoms with E-state index < -0.39 is 12.0 Å². The van der Waals surface area contributed by atoms with Gasteiger partial charge in [0.05, 0.1) is 13.0 Å². The van der Waals surface area contributed by atoms with Crippen molar-refractivity contribution < 1.29 is 18.7 Å². The molecule has 1 saturated heterocycles. The van der Waals surface area contributed by atoms with Gasteiger partial charge in [0.2, 0.25) is 5.91 Å². The Morgan fingerprint density at radius 3 is 2.11 bits per heavy atom. The van der Waals surface area contributed by atoms with Crippen LogP contribution in [-0.4, -0.2) is 61.0 Å². The number of halogens is 1. The van der Waals surface area contributed by atoms with Gasteiger partial charge in [0.1, 0.15) is 11.9 Å². The van der Waals surface area contributed by atoms with Crippen molar-refractivity contribution in [2.24, 2.45) is 0 Å². The number of benzene rings is 3. The number of aryl methyl sites for hydroxylation is 1. The molecule has 0 radical (unpaired) electrons. The maximum atomic E-state index is 14.0. The molecule has 188 valence electrons. The molecule has 5 nitrogen and oxygen atoms in total. The Labute approximate surface area is 212 Å². The highest BCUT2D eigenvalue weighted by Crippen LogP contribution is 2.32. The maximum Gasteiger partial charge on any atom is 0.328 e. The van der Waals surface area contributed by atoms with Crippen LogP contribution in [0.2, 0.25) is 0 Å². The van der Waals surface area contributed by atoms with E-state index in [-0.39, 0.29) is 23.7 Å². The topological polar surface area (TPSA) is 49.9 Å². The average Bonchev–Trinajstić information content (AvgIpc) is 3.36. The van der Waals surface area contributed by atoms with Crippen molar-refractivity contribution in [1.29, 1.82) is 0 Å². The van der Waals surface area contributed by atoms with Gasteiger partial charge in [-0.2, -0.15) is 0 Å². The van der Waals surface area contributed by atoms with Crippen LogP contribution in [0, 0.1) is 5.82 Å². The zero-order chi connectivity index (χ0) is 25.5. The number of hydrogen-bond acceptors (Lipinski definition) is 4. The summed E-state index contributed by atoms with van der Waals surface area (Å²) in [6, 6.07) is 25.4. The van der Waals surface area contributed by atoms with Gasteiger partial charge in [0.15, 0.2) is 0 Å². The molecule has 1 heterocycles. The van der Waals surface area contributed by atoms with E-state index in [9.17, 15) is 14.0 Å². The number of esters is 1. The van der Waals surface area contributed by atoms with Crippen molar-refractivity contribution in [3.63, 3.8) is 0 Å². The minimum absolute atomic E-state index is 0.0402. The molecule has 3 aromatic rings. The van der Waals surface area contributed by atoms with Crippen LogP contribution in [0.25, 0.3) is 0 Å². The molecule has 1 aliphatic rings. The molecule has 0 spiro atoms. The maximum absolute atomic E-state index is 14.0. The van der Waals surface area contributed by atoms with Gasteiger partial charge in [-0.1, -0.05) is 72.8 Å². The predicted octanol–water partition coefficient (Wildman–Crippen LogP) is 4.66. The Morgan fingerprint density at radius 2 is 1.56 bits per heavy atom. The molecule has 1 fully saturated rings. The number of likely N-dealkylation sites (tertiary alicyclic amines) is 1. The molecule has 3 aromatic carbocycles. The molecule has 0 saturated carbocycles. The van der Waals surface area contributed by atoms with E-state index >= 15 is 0 Å². The lowest BCUT2D eigenvalue weighted by molar-refractivity contribution is -0.151. The molecule has 0 aliphatic carbocycles. The average molecular weight is 489 g/mol. The fraction of sp³-hybridized carbons (Fsp3) is 0.333. The monoisotopic (exact) mass is 488 g/mol. The minimum atomic E-state index is -0.623. The van der Waals surface area contributed by atoms with Crippen molar-refractivity contribution in [2.75, 3.05) is 27.2 Å². The summed E-state index contributed by atoms with van der Waals surface area (Å²) in [5, 5.41) is 0. The second-order valence-electron chi connectivity index (χ2n) is 9.38. The molecule has 0 N–H and O–H groups in total. The zero-order valence-corrected chi connectivity index (χ0v) is 20.8. The summed E-state index contributed by atoms with van der Waals surface area (Å²) in [5.41, 5.74) is 2.89. The van der Waals surface area contributed by atoms with Crippen LogP contribution in [0.1, 0.15) is 35.4 Å². The number of nitrogens with zero attached hydrogens (tertiary/aromatic N) is 2. The molecule has 0 aromatic heterocycles. The Balaban J connectivity index is 1.50. The third-order valence-corrected chi connectivity index (χ3v) is 7.06. The van der Waals surface area contributed by atoms with Gasteiger partial charge in [-0.15, -0.1) is 0 Å². The van der Waals surface area contributed by atoms with Crippen LogP contribution >= 0.6 is 0 Å². The first kappa shape index (κ1) is 25.6. The number of likely N-dealkylation sites (N-methyl/N-ethyl adjacent to an activating group) is 1. The highest BCUT2D eigenvalue weighted by Gasteiger charge is 2.44. The van der Waals surface area contributed by atoms with Crippen molar-refractivity contribution in [1.82, 2.24) is 9.80 Å². The molecule has 36 heavy (non-hydrogen) atoms. The molecular weight excluding hydrogens is 455 g/mol. The van der Waals surface area contributed by atoms with Crippen LogP contribution in [0.3, 0.4) is 0 Å². The van der Waals surface area contributed by atoms with Crippen LogP contribution in [-0.2, 0) is 20.7 Å². The first-order valence-corrected chi connectivity index (χ1v) is 12.4. The highest BCUT2D eigenvalue weighted by atomic mass is 19.1. The Morgan fingerprint density at radius 1 is 0.972 bits per heavy atom. The quantitative estimate of drug-likeness (QED) is 0.411. The van der Waals surface area contributed by atoms with Crippen LogP contribution in [0.5, 0.6) is 0 Å². The summed E-state index contributed by atoms with van der Waals surface area (Å²) in [7, 11) is 3.40. The van der Waals surface area contributed by atoms with Crippen molar-refractivity contribution in [3.05, 3.63) is 107 Å². The molecule has 0 unspecified atom stereocenters. The van der Waals surface area contributed by atoms with E-state index in [1.54, 1.807) is 4.90 Å². The van der Waals surface area contributed by atoms with Crippen molar-refractivity contribution >= 4 is 11.9 Å². The summed E-state index contributed by atoms with van der Waals surface area (Å²) < 4.78 is 18.3. The SMILES string of the molecule is COC(=O)[C@@H]1C[C@H](N(C)CCCc2ccc(F)cc2)CN1C(=O)C(c1ccccc1)c1ccccc1. The lowest BCUT2D eigenvalue weighted by Gasteiger charge is -2.29. The molecule has 2 atom stereocenters. The van der Waals surface area contributed by atoms with Crippen molar-refractivity contribution in [2.45, 2.75) is 37.3 Å². The summed E-state index contributed by atoms with van der Waals surface area (Å²) in [5.74, 6) is -1.21. The van der Waals surface area contributed by atoms with E-state index in [0.717, 1.165) is 36.1 Å². The largest absolute Gasteiger partial charge is 0.467 e. The van der Waals surface area contributed by atoms with Crippen LogP contribution < -0.4 is 0 Å².